The number of carbonyl (C=O) groups is 2. The van der Waals surface area contributed by atoms with Gasteiger partial charge in [-0.25, -0.2) is 9.79 Å². The Labute approximate surface area is 130 Å². The van der Waals surface area contributed by atoms with Crippen molar-refractivity contribution < 1.29 is 14.7 Å². The molecule has 0 aliphatic heterocycles. The molecule has 0 heterocycles. The van der Waals surface area contributed by atoms with Crippen LogP contribution in [0.2, 0.25) is 0 Å². The number of nitrogens with one attached hydrogen (secondary N) is 1. The minimum absolute atomic E-state index is 0.0240. The second-order valence-corrected chi connectivity index (χ2v) is 5.87. The number of allylic oxidation sites excluding steroid dienone is 1. The fraction of sp³-hybridized carbons (Fsp3) is 0.667. The summed E-state index contributed by atoms with van der Waals surface area (Å²) in [5.41, 5.74) is 11.3. The lowest BCUT2D eigenvalue weighted by Crippen LogP contribution is -2.49. The van der Waals surface area contributed by atoms with Gasteiger partial charge in [0, 0.05) is 30.9 Å². The molecule has 1 unspecified atom stereocenters. The monoisotopic (exact) mass is 310 g/mol. The third kappa shape index (κ3) is 4.75. The molecule has 1 aliphatic rings. The van der Waals surface area contributed by atoms with Crippen LogP contribution < -0.4 is 16.8 Å². The minimum Gasteiger partial charge on any atom is -0.478 e. The summed E-state index contributed by atoms with van der Waals surface area (Å²) in [7, 11) is 0. The lowest BCUT2D eigenvalue weighted by molar-refractivity contribution is -0.133. The molecular formula is C15H26N4O3. The molecule has 7 nitrogen and oxygen atoms in total. The first-order chi connectivity index (χ1) is 10.3. The predicted octanol–water partition coefficient (Wildman–Crippen LogP) is 0.600. The number of carbonyl (C=O) groups excluding carboxylic acids is 1. The van der Waals surface area contributed by atoms with Gasteiger partial charge in [-0.05, 0) is 12.3 Å². The van der Waals surface area contributed by atoms with Crippen LogP contribution in [0, 0.1) is 11.8 Å². The van der Waals surface area contributed by atoms with E-state index in [1.807, 2.05) is 0 Å². The van der Waals surface area contributed by atoms with E-state index in [0.29, 0.717) is 12.0 Å². The van der Waals surface area contributed by atoms with E-state index in [1.165, 1.54) is 6.92 Å². The molecule has 0 radical (unpaired) electrons. The van der Waals surface area contributed by atoms with Crippen LogP contribution in [0.15, 0.2) is 16.6 Å². The van der Waals surface area contributed by atoms with Gasteiger partial charge < -0.3 is 21.9 Å². The number of aliphatic imine (C=N–C) groups is 1. The molecule has 0 bridgehead atoms. The standard InChI is InChI=1S/C15H26N4O3/c1-4-8(2)13(18-9(3)20)11-6-5-10(14(21)22)7-12(11)19-15(16)17/h5,8,11-13H,4,6-7H2,1-3H3,(H,18,20)(H,21,22)(H4,16,17,19)/t8?,11-,12-,13-/m0/s1. The van der Waals surface area contributed by atoms with Crippen molar-refractivity contribution in [1.82, 2.24) is 5.32 Å². The first-order valence-electron chi connectivity index (χ1n) is 7.54. The molecule has 0 saturated carbocycles. The molecule has 6 N–H and O–H groups in total. The molecule has 0 aromatic heterocycles. The van der Waals surface area contributed by atoms with Crippen molar-refractivity contribution in [3.05, 3.63) is 11.6 Å². The smallest absolute Gasteiger partial charge is 0.331 e. The van der Waals surface area contributed by atoms with Crippen molar-refractivity contribution in [3.63, 3.8) is 0 Å². The Bertz CT molecular complexity index is 483. The normalized spacial score (nSPS) is 23.9. The maximum Gasteiger partial charge on any atom is 0.331 e. The molecule has 0 aromatic rings. The number of rotatable bonds is 6. The third-order valence-electron chi connectivity index (χ3n) is 4.24. The number of guanidine groups is 1. The van der Waals surface area contributed by atoms with E-state index in [0.717, 1.165) is 6.42 Å². The first kappa shape index (κ1) is 18.0. The van der Waals surface area contributed by atoms with Crippen molar-refractivity contribution in [2.45, 2.75) is 52.1 Å². The van der Waals surface area contributed by atoms with Gasteiger partial charge >= 0.3 is 5.97 Å². The molecule has 22 heavy (non-hydrogen) atoms. The molecule has 4 atom stereocenters. The van der Waals surface area contributed by atoms with Crippen molar-refractivity contribution in [2.75, 3.05) is 0 Å². The lowest BCUT2D eigenvalue weighted by atomic mass is 9.76. The molecule has 7 heteroatoms. The summed E-state index contributed by atoms with van der Waals surface area (Å²) in [4.78, 5) is 26.9. The van der Waals surface area contributed by atoms with E-state index in [4.69, 9.17) is 16.6 Å². The summed E-state index contributed by atoms with van der Waals surface area (Å²) >= 11 is 0. The maximum atomic E-state index is 11.5. The zero-order valence-corrected chi connectivity index (χ0v) is 13.4. The SMILES string of the molecule is CCC(C)[C@H](NC(C)=O)[C@H]1CC=C(C(=O)O)C[C@@H]1N=C(N)N. The number of nitrogens with zero attached hydrogens (tertiary/aromatic N) is 1. The molecule has 1 aliphatic carbocycles. The van der Waals surface area contributed by atoms with E-state index in [1.54, 1.807) is 6.08 Å². The Morgan fingerprint density at radius 2 is 2.14 bits per heavy atom. The van der Waals surface area contributed by atoms with Crippen LogP contribution in [-0.2, 0) is 9.59 Å². The summed E-state index contributed by atoms with van der Waals surface area (Å²) in [5, 5.41) is 12.1. The summed E-state index contributed by atoms with van der Waals surface area (Å²) < 4.78 is 0. The summed E-state index contributed by atoms with van der Waals surface area (Å²) in [6, 6.07) is -0.436. The molecule has 0 aromatic carbocycles. The fourth-order valence-corrected chi connectivity index (χ4v) is 2.95. The topological polar surface area (TPSA) is 131 Å². The Kier molecular flexibility index (Phi) is 6.39. The van der Waals surface area contributed by atoms with Gasteiger partial charge in [0.25, 0.3) is 0 Å². The molecule has 1 amide bonds. The van der Waals surface area contributed by atoms with E-state index < -0.39 is 5.97 Å². The van der Waals surface area contributed by atoms with Crippen molar-refractivity contribution in [1.29, 1.82) is 0 Å². The van der Waals surface area contributed by atoms with Crippen LogP contribution >= 0.6 is 0 Å². The highest BCUT2D eigenvalue weighted by Crippen LogP contribution is 2.32. The van der Waals surface area contributed by atoms with Crippen LogP contribution in [0.5, 0.6) is 0 Å². The molecule has 0 spiro atoms. The highest BCUT2D eigenvalue weighted by Gasteiger charge is 2.36. The highest BCUT2D eigenvalue weighted by molar-refractivity contribution is 5.87. The quantitative estimate of drug-likeness (QED) is 0.421. The zero-order valence-electron chi connectivity index (χ0n) is 13.4. The Hall–Kier alpha value is -2.05. The van der Waals surface area contributed by atoms with Crippen molar-refractivity contribution >= 4 is 17.8 Å². The van der Waals surface area contributed by atoms with Gasteiger partial charge in [-0.1, -0.05) is 26.3 Å². The number of carboxylic acid groups (broad SMARTS) is 1. The number of carboxylic acids is 1. The van der Waals surface area contributed by atoms with E-state index >= 15 is 0 Å². The summed E-state index contributed by atoms with van der Waals surface area (Å²) in [5.74, 6) is -0.905. The summed E-state index contributed by atoms with van der Waals surface area (Å²) in [6.07, 6.45) is 3.40. The van der Waals surface area contributed by atoms with Crippen LogP contribution in [-0.4, -0.2) is 35.0 Å². The molecule has 124 valence electrons. The average Bonchev–Trinajstić information content (AvgIpc) is 2.43. The van der Waals surface area contributed by atoms with Gasteiger partial charge in [0.2, 0.25) is 5.91 Å². The largest absolute Gasteiger partial charge is 0.478 e. The van der Waals surface area contributed by atoms with E-state index in [-0.39, 0.29) is 42.2 Å². The molecule has 0 fully saturated rings. The van der Waals surface area contributed by atoms with Gasteiger partial charge in [-0.15, -0.1) is 0 Å². The maximum absolute atomic E-state index is 11.5. The van der Waals surface area contributed by atoms with Crippen LogP contribution in [0.25, 0.3) is 0 Å². The number of aliphatic carboxylic acids is 1. The zero-order chi connectivity index (χ0) is 16.9. The van der Waals surface area contributed by atoms with Gasteiger partial charge in [-0.2, -0.15) is 0 Å². The van der Waals surface area contributed by atoms with Gasteiger partial charge in [-0.3, -0.25) is 4.79 Å². The van der Waals surface area contributed by atoms with E-state index in [2.05, 4.69) is 24.2 Å². The summed E-state index contributed by atoms with van der Waals surface area (Å²) in [6.45, 7) is 5.59. The number of nitrogens with two attached hydrogens (primary N) is 2. The average molecular weight is 310 g/mol. The Morgan fingerprint density at radius 3 is 2.59 bits per heavy atom. The van der Waals surface area contributed by atoms with E-state index in [9.17, 15) is 9.59 Å². The third-order valence-corrected chi connectivity index (χ3v) is 4.24. The van der Waals surface area contributed by atoms with Gasteiger partial charge in [0.1, 0.15) is 0 Å². The molecule has 0 saturated heterocycles. The van der Waals surface area contributed by atoms with Crippen molar-refractivity contribution in [2.24, 2.45) is 28.3 Å². The lowest BCUT2D eigenvalue weighted by Gasteiger charge is -2.37. The predicted molar refractivity (Wildman–Crippen MR) is 85.1 cm³/mol. The van der Waals surface area contributed by atoms with Gasteiger partial charge in [0.15, 0.2) is 5.96 Å². The first-order valence-corrected chi connectivity index (χ1v) is 7.54. The molecule has 1 rings (SSSR count). The molecular weight excluding hydrogens is 284 g/mol. The minimum atomic E-state index is -0.950. The fourth-order valence-electron chi connectivity index (χ4n) is 2.95. The highest BCUT2D eigenvalue weighted by atomic mass is 16.4. The second-order valence-electron chi connectivity index (χ2n) is 5.87. The number of hydrogen-bond donors (Lipinski definition) is 4. The number of amides is 1. The van der Waals surface area contributed by atoms with Crippen molar-refractivity contribution in [3.8, 4) is 0 Å². The second kappa shape index (κ2) is 7.82. The van der Waals surface area contributed by atoms with Crippen LogP contribution in [0.4, 0.5) is 0 Å². The number of hydrogen-bond acceptors (Lipinski definition) is 3. The Balaban J connectivity index is 3.11. The Morgan fingerprint density at radius 1 is 1.50 bits per heavy atom. The van der Waals surface area contributed by atoms with Gasteiger partial charge in [0.05, 0.1) is 6.04 Å². The van der Waals surface area contributed by atoms with Crippen LogP contribution in [0.1, 0.15) is 40.0 Å². The van der Waals surface area contributed by atoms with Crippen LogP contribution in [0.3, 0.4) is 0 Å².